The number of alkyl halides is 3. The molecule has 2 rings (SSSR count). The van der Waals surface area contributed by atoms with Crippen LogP contribution < -0.4 is 0 Å². The van der Waals surface area contributed by atoms with Gasteiger partial charge in [0, 0.05) is 11.6 Å². The van der Waals surface area contributed by atoms with E-state index in [4.69, 9.17) is 0 Å². The summed E-state index contributed by atoms with van der Waals surface area (Å²) in [4.78, 5) is 22.3. The third-order valence-electron chi connectivity index (χ3n) is 2.80. The minimum atomic E-state index is -4.58. The van der Waals surface area contributed by atoms with E-state index >= 15 is 0 Å². The lowest BCUT2D eigenvalue weighted by Crippen LogP contribution is -2.09. The minimum Gasteiger partial charge on any atom is -0.288 e. The van der Waals surface area contributed by atoms with Crippen molar-refractivity contribution in [3.05, 3.63) is 75.3 Å². The van der Waals surface area contributed by atoms with Crippen LogP contribution >= 0.6 is 0 Å². The highest BCUT2D eigenvalue weighted by molar-refractivity contribution is 6.11. The van der Waals surface area contributed by atoms with Crippen molar-refractivity contribution >= 4 is 11.5 Å². The van der Waals surface area contributed by atoms with E-state index in [0.717, 1.165) is 18.2 Å². The second kappa shape index (κ2) is 5.35. The van der Waals surface area contributed by atoms with E-state index < -0.39 is 28.1 Å². The number of ketones is 1. The van der Waals surface area contributed by atoms with Gasteiger partial charge < -0.3 is 0 Å². The number of hydrogen-bond acceptors (Lipinski definition) is 3. The first-order valence-electron chi connectivity index (χ1n) is 5.76. The van der Waals surface area contributed by atoms with E-state index in [0.29, 0.717) is 6.07 Å². The van der Waals surface area contributed by atoms with E-state index in [1.54, 1.807) is 0 Å². The molecule has 0 N–H and O–H groups in total. The van der Waals surface area contributed by atoms with Gasteiger partial charge in [-0.2, -0.15) is 13.2 Å². The number of nitrogens with zero attached hydrogens (tertiary/aromatic N) is 1. The fourth-order valence-electron chi connectivity index (χ4n) is 1.82. The van der Waals surface area contributed by atoms with Crippen LogP contribution in [0.15, 0.2) is 48.5 Å². The highest BCUT2D eigenvalue weighted by Crippen LogP contribution is 2.30. The Morgan fingerprint density at radius 2 is 1.71 bits per heavy atom. The SMILES string of the molecule is O=C(c1cccc(C(F)(F)F)c1)c1ccccc1[N+](=O)[O-]. The zero-order valence-electron chi connectivity index (χ0n) is 10.4. The summed E-state index contributed by atoms with van der Waals surface area (Å²) in [6.45, 7) is 0. The number of benzene rings is 2. The molecular formula is C14H8F3NO3. The molecule has 0 aromatic heterocycles. The molecule has 0 atom stereocenters. The summed E-state index contributed by atoms with van der Waals surface area (Å²) < 4.78 is 37.9. The lowest BCUT2D eigenvalue weighted by atomic mass is 10.00. The van der Waals surface area contributed by atoms with Crippen LogP contribution in [0.1, 0.15) is 21.5 Å². The van der Waals surface area contributed by atoms with Gasteiger partial charge in [0.05, 0.1) is 10.5 Å². The van der Waals surface area contributed by atoms with Crippen LogP contribution in [0.2, 0.25) is 0 Å². The number of carbonyl (C=O) groups is 1. The second-order valence-corrected chi connectivity index (χ2v) is 4.18. The minimum absolute atomic E-state index is 0.248. The molecule has 0 aliphatic heterocycles. The van der Waals surface area contributed by atoms with Gasteiger partial charge >= 0.3 is 6.18 Å². The number of halogens is 3. The summed E-state index contributed by atoms with van der Waals surface area (Å²) in [6, 6.07) is 8.91. The monoisotopic (exact) mass is 295 g/mol. The van der Waals surface area contributed by atoms with Crippen molar-refractivity contribution in [3.8, 4) is 0 Å². The number of nitro benzene ring substituents is 1. The number of hydrogen-bond donors (Lipinski definition) is 0. The molecule has 4 nitrogen and oxygen atoms in total. The third kappa shape index (κ3) is 3.07. The smallest absolute Gasteiger partial charge is 0.288 e. The number of nitro groups is 1. The largest absolute Gasteiger partial charge is 0.416 e. The Labute approximate surface area is 117 Å². The van der Waals surface area contributed by atoms with Gasteiger partial charge in [0.1, 0.15) is 5.56 Å². The van der Waals surface area contributed by atoms with Crippen molar-refractivity contribution in [2.45, 2.75) is 6.18 Å². The Balaban J connectivity index is 2.49. The van der Waals surface area contributed by atoms with Crippen LogP contribution in [0.4, 0.5) is 18.9 Å². The first-order chi connectivity index (χ1) is 9.80. The van der Waals surface area contributed by atoms with Crippen molar-refractivity contribution in [2.75, 3.05) is 0 Å². The highest BCUT2D eigenvalue weighted by Gasteiger charge is 2.31. The molecule has 0 fully saturated rings. The highest BCUT2D eigenvalue weighted by atomic mass is 19.4. The molecule has 0 heterocycles. The zero-order chi connectivity index (χ0) is 15.6. The Hall–Kier alpha value is -2.70. The van der Waals surface area contributed by atoms with Gasteiger partial charge in [-0.3, -0.25) is 14.9 Å². The molecule has 0 spiro atoms. The maximum absolute atomic E-state index is 12.6. The molecule has 0 aliphatic rings. The van der Waals surface area contributed by atoms with E-state index in [1.165, 1.54) is 24.3 Å². The normalized spacial score (nSPS) is 11.2. The van der Waals surface area contributed by atoms with Gasteiger partial charge in [0.2, 0.25) is 0 Å². The summed E-state index contributed by atoms with van der Waals surface area (Å²) >= 11 is 0. The van der Waals surface area contributed by atoms with Crippen LogP contribution in [0.5, 0.6) is 0 Å². The topological polar surface area (TPSA) is 60.2 Å². The van der Waals surface area contributed by atoms with E-state index in [1.807, 2.05) is 0 Å². The summed E-state index contributed by atoms with van der Waals surface area (Å²) in [5.74, 6) is -0.826. The molecule has 2 aromatic carbocycles. The molecule has 0 aliphatic carbocycles. The molecule has 0 saturated heterocycles. The van der Waals surface area contributed by atoms with Gasteiger partial charge in [-0.15, -0.1) is 0 Å². The summed E-state index contributed by atoms with van der Waals surface area (Å²) in [5, 5.41) is 10.9. The molecule has 2 aromatic rings. The second-order valence-electron chi connectivity index (χ2n) is 4.18. The molecule has 0 radical (unpaired) electrons. The number of rotatable bonds is 3. The van der Waals surface area contributed by atoms with E-state index in [2.05, 4.69) is 0 Å². The Morgan fingerprint density at radius 3 is 2.33 bits per heavy atom. The molecule has 108 valence electrons. The summed E-state index contributed by atoms with van der Waals surface area (Å²) in [5.41, 5.74) is -1.92. The average Bonchev–Trinajstić information content (AvgIpc) is 2.45. The van der Waals surface area contributed by atoms with Crippen molar-refractivity contribution in [1.29, 1.82) is 0 Å². The molecule has 0 saturated carbocycles. The van der Waals surface area contributed by atoms with Crippen molar-refractivity contribution in [1.82, 2.24) is 0 Å². The first-order valence-corrected chi connectivity index (χ1v) is 5.76. The standard InChI is InChI=1S/C14H8F3NO3/c15-14(16,17)10-5-3-4-9(8-10)13(19)11-6-1-2-7-12(11)18(20)21/h1-8H. The number of carbonyl (C=O) groups excluding carboxylic acids is 1. The predicted octanol–water partition coefficient (Wildman–Crippen LogP) is 3.84. The van der Waals surface area contributed by atoms with Crippen molar-refractivity contribution in [2.24, 2.45) is 0 Å². The van der Waals surface area contributed by atoms with Gasteiger partial charge in [-0.1, -0.05) is 24.3 Å². The Bertz CT molecular complexity index is 711. The molecule has 0 amide bonds. The average molecular weight is 295 g/mol. The molecule has 7 heteroatoms. The zero-order valence-corrected chi connectivity index (χ0v) is 10.4. The fraction of sp³-hybridized carbons (Fsp3) is 0.0714. The van der Waals surface area contributed by atoms with Crippen LogP contribution in [-0.4, -0.2) is 10.7 Å². The maximum atomic E-state index is 12.6. The van der Waals surface area contributed by atoms with Gasteiger partial charge in [-0.05, 0) is 18.2 Å². The fourth-order valence-corrected chi connectivity index (χ4v) is 1.82. The van der Waals surface area contributed by atoms with Crippen molar-refractivity contribution in [3.63, 3.8) is 0 Å². The van der Waals surface area contributed by atoms with E-state index in [9.17, 15) is 28.1 Å². The quantitative estimate of drug-likeness (QED) is 0.491. The van der Waals surface area contributed by atoms with E-state index in [-0.39, 0.29) is 11.1 Å². The maximum Gasteiger partial charge on any atom is 0.416 e. The first kappa shape index (κ1) is 14.7. The predicted molar refractivity (Wildman–Crippen MR) is 68.0 cm³/mol. The lowest BCUT2D eigenvalue weighted by molar-refractivity contribution is -0.385. The van der Waals surface area contributed by atoms with Crippen LogP contribution in [0.3, 0.4) is 0 Å². The van der Waals surface area contributed by atoms with Crippen LogP contribution in [0, 0.1) is 10.1 Å². The molecular weight excluding hydrogens is 287 g/mol. The lowest BCUT2D eigenvalue weighted by Gasteiger charge is -2.08. The summed E-state index contributed by atoms with van der Waals surface area (Å²) in [7, 11) is 0. The third-order valence-corrected chi connectivity index (χ3v) is 2.80. The summed E-state index contributed by atoms with van der Waals surface area (Å²) in [6.07, 6.45) is -4.58. The van der Waals surface area contributed by atoms with Gasteiger partial charge in [0.25, 0.3) is 5.69 Å². The van der Waals surface area contributed by atoms with Crippen molar-refractivity contribution < 1.29 is 22.9 Å². The molecule has 0 unspecified atom stereocenters. The number of para-hydroxylation sites is 1. The molecule has 21 heavy (non-hydrogen) atoms. The van der Waals surface area contributed by atoms with Gasteiger partial charge in [0.15, 0.2) is 5.78 Å². The van der Waals surface area contributed by atoms with Crippen LogP contribution in [-0.2, 0) is 6.18 Å². The Morgan fingerprint density at radius 1 is 1.05 bits per heavy atom. The van der Waals surface area contributed by atoms with Gasteiger partial charge in [-0.25, -0.2) is 0 Å². The Kier molecular flexibility index (Phi) is 3.75. The van der Waals surface area contributed by atoms with Crippen LogP contribution in [0.25, 0.3) is 0 Å². The molecule has 0 bridgehead atoms.